The number of carbonyl (C=O) groups excluding carboxylic acids is 9. The summed E-state index contributed by atoms with van der Waals surface area (Å²) in [4.78, 5) is 115. The van der Waals surface area contributed by atoms with Gasteiger partial charge >= 0.3 is 17.4 Å². The molecule has 6 aromatic rings. The average Bonchev–Trinajstić information content (AvgIpc) is 1.57. The number of nitrogens with one attached hydrogen (secondary N) is 3. The Bertz CT molecular complexity index is 3620. The number of carboxylic acids is 3. The van der Waals surface area contributed by atoms with Gasteiger partial charge in [-0.15, -0.1) is 35.3 Å². The molecular weight excluding hydrogens is 1430 g/mol. The molecule has 6 saturated heterocycles. The Morgan fingerprint density at radius 3 is 0.830 bits per heavy atom. The van der Waals surface area contributed by atoms with E-state index in [4.69, 9.17) is 83.2 Å². The Balaban J connectivity index is 0.000000219. The van der Waals surface area contributed by atoms with Crippen LogP contribution in [0.5, 0.6) is 0 Å². The Hall–Kier alpha value is -6.28. The van der Waals surface area contributed by atoms with Gasteiger partial charge in [0.15, 0.2) is 0 Å². The van der Waals surface area contributed by atoms with Gasteiger partial charge in [0, 0.05) is 30.9 Å². The van der Waals surface area contributed by atoms with Crippen molar-refractivity contribution in [1.29, 1.82) is 0 Å². The van der Waals surface area contributed by atoms with Crippen LogP contribution in [0, 0.1) is 20.8 Å². The van der Waals surface area contributed by atoms with Gasteiger partial charge in [0.1, 0.15) is 85.3 Å². The molecule has 9 unspecified atom stereocenters. The number of halogens is 6. The summed E-state index contributed by atoms with van der Waals surface area (Å²) in [5.41, 5.74) is 1.84. The van der Waals surface area contributed by atoms with Crippen LogP contribution in [0.15, 0.2) is 68.2 Å². The molecule has 6 fully saturated rings. The third-order valence-corrected chi connectivity index (χ3v) is 22.3. The van der Waals surface area contributed by atoms with Crippen molar-refractivity contribution in [2.24, 2.45) is 0 Å². The van der Waals surface area contributed by atoms with Gasteiger partial charge in [-0.2, -0.15) is 0 Å². The molecule has 3 aromatic heterocycles. The summed E-state index contributed by atoms with van der Waals surface area (Å²) in [6, 6.07) is 8.81. The molecule has 498 valence electrons. The first-order valence-electron chi connectivity index (χ1n) is 26.9. The zero-order chi connectivity index (χ0) is 65.9. The number of aliphatic carboxylic acids is 3. The third-order valence-electron chi connectivity index (χ3n) is 15.7. The summed E-state index contributed by atoms with van der Waals surface area (Å²) >= 11 is 41.4. The number of carboxylic acid groups (broad SMARTS) is 3. The van der Waals surface area contributed by atoms with E-state index in [9.17, 15) is 58.5 Å². The SMILES string of the molecule is Cc1onc(-c2c(Cl)cccc2Cl)c1C(=O)NC1C(=O)N2C1SC(C)(C)C2C(=O)[O-].Cc1onc(-c2c(Cl)cccc2Cl)c1C(=O)NC1C(=O)N2C1SC(C)(C)C2C(=O)[O-].Cc1onc(-c2c(Cl)cccc2Cl)c1C(=O)NC1C(=O)N2C1SC(C)(C)C2C(=O)[O-].O.O.O.[Al+3]. The molecule has 27 nitrogen and oxygen atoms in total. The van der Waals surface area contributed by atoms with E-state index in [1.807, 2.05) is 0 Å². The van der Waals surface area contributed by atoms with Gasteiger partial charge < -0.3 is 90.4 Å². The van der Waals surface area contributed by atoms with Gasteiger partial charge in [-0.05, 0) is 98.7 Å². The Kier molecular flexibility index (Phi) is 23.2. The fourth-order valence-electron chi connectivity index (χ4n) is 11.6. The predicted molar refractivity (Wildman–Crippen MR) is 344 cm³/mol. The molecule has 0 bridgehead atoms. The molecular formula is C57H54AlCl6N9O18S3. The van der Waals surface area contributed by atoms with Crippen molar-refractivity contribution in [2.75, 3.05) is 0 Å². The summed E-state index contributed by atoms with van der Waals surface area (Å²) in [5.74, 6) is -6.48. The Morgan fingerprint density at radius 1 is 0.436 bits per heavy atom. The zero-order valence-electron chi connectivity index (χ0n) is 50.3. The number of thioether (sulfide) groups is 3. The second-order valence-electron chi connectivity index (χ2n) is 22.8. The third kappa shape index (κ3) is 13.2. The van der Waals surface area contributed by atoms with E-state index >= 15 is 0 Å². The first kappa shape index (κ1) is 76.7. The van der Waals surface area contributed by atoms with E-state index in [2.05, 4.69) is 31.4 Å². The monoisotopic (exact) mass is 1490 g/mol. The fourth-order valence-corrected chi connectivity index (χ4v) is 18.2. The molecule has 0 spiro atoms. The van der Waals surface area contributed by atoms with Gasteiger partial charge in [-0.3, -0.25) is 28.8 Å². The Morgan fingerprint density at radius 2 is 0.638 bits per heavy atom. The van der Waals surface area contributed by atoms with Gasteiger partial charge in [0.2, 0.25) is 17.7 Å². The molecule has 0 radical (unpaired) electrons. The quantitative estimate of drug-likeness (QED) is 0.117. The van der Waals surface area contributed by atoms with Crippen LogP contribution < -0.4 is 31.3 Å². The van der Waals surface area contributed by atoms with Crippen LogP contribution >= 0.6 is 105 Å². The number of nitrogens with zero attached hydrogens (tertiary/aromatic N) is 6. The van der Waals surface area contributed by atoms with Crippen LogP contribution in [0.25, 0.3) is 33.8 Å². The molecule has 94 heavy (non-hydrogen) atoms. The van der Waals surface area contributed by atoms with Crippen LogP contribution in [0.1, 0.15) is 89.9 Å². The second-order valence-corrected chi connectivity index (χ2v) is 30.5. The molecule has 6 amide bonds. The predicted octanol–water partition coefficient (Wildman–Crippen LogP) is 2.75. The van der Waals surface area contributed by atoms with Crippen LogP contribution in [-0.2, 0) is 28.8 Å². The molecule has 37 heteroatoms. The number of carbonyl (C=O) groups is 9. The maximum absolute atomic E-state index is 13.1. The molecule has 9 heterocycles. The van der Waals surface area contributed by atoms with Crippen molar-refractivity contribution in [3.8, 4) is 33.8 Å². The molecule has 6 aliphatic rings. The first-order chi connectivity index (χ1) is 42.1. The fraction of sp³-hybridized carbons (Fsp3) is 0.368. The van der Waals surface area contributed by atoms with Crippen molar-refractivity contribution in [2.45, 2.75) is 129 Å². The number of rotatable bonds is 12. The van der Waals surface area contributed by atoms with E-state index in [0.29, 0.717) is 46.8 Å². The largest absolute Gasteiger partial charge is 3.00 e. The van der Waals surface area contributed by atoms with Crippen molar-refractivity contribution >= 4 is 176 Å². The number of aryl methyl sites for hydroxylation is 3. The number of hydrogen-bond acceptors (Lipinski definition) is 21. The number of aromatic nitrogens is 3. The number of benzene rings is 3. The van der Waals surface area contributed by atoms with Gasteiger partial charge in [-0.1, -0.05) is 103 Å². The summed E-state index contributed by atoms with van der Waals surface area (Å²) in [6.45, 7) is 15.0. The minimum Gasteiger partial charge on any atom is -0.548 e. The molecule has 3 aromatic carbocycles. The van der Waals surface area contributed by atoms with Crippen LogP contribution in [-0.4, -0.2) is 184 Å². The van der Waals surface area contributed by atoms with Crippen molar-refractivity contribution in [3.63, 3.8) is 0 Å². The maximum atomic E-state index is 13.1. The number of β-lactam (4-membered cyclic amide) rings is 3. The van der Waals surface area contributed by atoms with E-state index < -0.39 is 120 Å². The minimum absolute atomic E-state index is 0. The van der Waals surface area contributed by atoms with E-state index in [1.54, 1.807) is 117 Å². The molecule has 9 N–H and O–H groups in total. The summed E-state index contributed by atoms with van der Waals surface area (Å²) in [5, 5.41) is 54.6. The number of fused-ring (bicyclic) bond motifs is 3. The van der Waals surface area contributed by atoms with E-state index in [-0.39, 0.29) is 84.8 Å². The summed E-state index contributed by atoms with van der Waals surface area (Å²) in [6.07, 6.45) is 0. The Labute approximate surface area is 587 Å². The van der Waals surface area contributed by atoms with Crippen molar-refractivity contribution in [1.82, 2.24) is 46.1 Å². The van der Waals surface area contributed by atoms with Crippen molar-refractivity contribution in [3.05, 3.63) is 119 Å². The normalized spacial score (nSPS) is 23.3. The first-order valence-corrected chi connectivity index (χ1v) is 31.8. The summed E-state index contributed by atoms with van der Waals surface area (Å²) in [7, 11) is 0. The molecule has 0 aliphatic carbocycles. The maximum Gasteiger partial charge on any atom is 3.00 e. The number of hydrogen-bond donors (Lipinski definition) is 3. The zero-order valence-corrected chi connectivity index (χ0v) is 58.4. The molecule has 12 rings (SSSR count). The van der Waals surface area contributed by atoms with Gasteiger partial charge in [-0.25, -0.2) is 0 Å². The smallest absolute Gasteiger partial charge is 0.548 e. The van der Waals surface area contributed by atoms with Crippen LogP contribution in [0.4, 0.5) is 0 Å². The van der Waals surface area contributed by atoms with E-state index in [1.165, 1.54) is 50.0 Å². The van der Waals surface area contributed by atoms with Crippen LogP contribution in [0.3, 0.4) is 0 Å². The molecule has 0 saturated carbocycles. The average molecular weight is 1490 g/mol. The van der Waals surface area contributed by atoms with Crippen LogP contribution in [0.2, 0.25) is 30.1 Å². The standard InChI is InChI=1S/3C19H17Cl2N3O5S.Al.3H2O/c3*1-7-10(12(23-29-7)11-8(20)5-4-6-9(11)21)15(25)22-13-16(26)24-14(18(27)28)19(2,3)30-17(13)24;;;;/h3*4-6,13-14,17H,1-3H3,(H,22,25)(H,27,28);;3*1H2/q;;;+3;;;/p-3. The second kappa shape index (κ2) is 28.4. The van der Waals surface area contributed by atoms with Gasteiger partial charge in [0.25, 0.3) is 17.7 Å². The topological polar surface area (TPSA) is 441 Å². The van der Waals surface area contributed by atoms with E-state index in [0.717, 1.165) is 0 Å². The van der Waals surface area contributed by atoms with Crippen molar-refractivity contribution < 1.29 is 88.5 Å². The summed E-state index contributed by atoms with van der Waals surface area (Å²) < 4.78 is 13.3. The molecule has 6 aliphatic heterocycles. The minimum atomic E-state index is -1.32. The molecule has 9 atom stereocenters. The number of amides is 6. The van der Waals surface area contributed by atoms with Gasteiger partial charge in [0.05, 0.1) is 66.2 Å².